The number of esters is 1. The molecular formula is C10H14O4. The van der Waals surface area contributed by atoms with E-state index in [0.717, 1.165) is 0 Å². The van der Waals surface area contributed by atoms with Gasteiger partial charge in [0.2, 0.25) is 6.10 Å². The van der Waals surface area contributed by atoms with Crippen LogP contribution >= 0.6 is 0 Å². The molecule has 0 aliphatic rings. The molecule has 78 valence electrons. The fourth-order valence-electron chi connectivity index (χ4n) is 1.01. The summed E-state index contributed by atoms with van der Waals surface area (Å²) in [4.78, 5) is 11.2. The summed E-state index contributed by atoms with van der Waals surface area (Å²) in [6, 6.07) is 3.24. The highest BCUT2D eigenvalue weighted by Gasteiger charge is 2.22. The lowest BCUT2D eigenvalue weighted by molar-refractivity contribution is -0.158. The van der Waals surface area contributed by atoms with Gasteiger partial charge in [-0.2, -0.15) is 0 Å². The molecule has 0 saturated carbocycles. The smallest absolute Gasteiger partial charge is 0.343 e. The summed E-state index contributed by atoms with van der Waals surface area (Å²) in [7, 11) is 0. The summed E-state index contributed by atoms with van der Waals surface area (Å²) in [5, 5.41) is 9.48. The summed E-state index contributed by atoms with van der Waals surface area (Å²) in [6.45, 7) is 5.18. The highest BCUT2D eigenvalue weighted by atomic mass is 16.6. The second-order valence-corrected chi connectivity index (χ2v) is 3.34. The Balaban J connectivity index is 2.65. The number of ether oxygens (including phenoxy) is 1. The minimum Gasteiger partial charge on any atom is -0.463 e. The van der Waals surface area contributed by atoms with E-state index in [1.165, 1.54) is 0 Å². The predicted molar refractivity (Wildman–Crippen MR) is 49.6 cm³/mol. The summed E-state index contributed by atoms with van der Waals surface area (Å²) < 4.78 is 9.92. The number of aryl methyl sites for hydroxylation is 1. The highest BCUT2D eigenvalue weighted by Crippen LogP contribution is 2.17. The van der Waals surface area contributed by atoms with E-state index in [4.69, 9.17) is 9.15 Å². The molecule has 1 rings (SSSR count). The fourth-order valence-corrected chi connectivity index (χ4v) is 1.01. The Morgan fingerprint density at radius 2 is 2.14 bits per heavy atom. The van der Waals surface area contributed by atoms with Crippen LogP contribution in [0.2, 0.25) is 0 Å². The van der Waals surface area contributed by atoms with Gasteiger partial charge in [-0.1, -0.05) is 0 Å². The SMILES string of the molecule is Cc1ccc([C@H](O)C(=O)OC(C)C)o1. The van der Waals surface area contributed by atoms with Crippen LogP contribution in [0.5, 0.6) is 0 Å². The number of hydrogen-bond acceptors (Lipinski definition) is 4. The van der Waals surface area contributed by atoms with Crippen molar-refractivity contribution in [2.24, 2.45) is 0 Å². The van der Waals surface area contributed by atoms with Crippen molar-refractivity contribution in [3.05, 3.63) is 23.7 Å². The van der Waals surface area contributed by atoms with Crippen molar-refractivity contribution in [3.63, 3.8) is 0 Å². The Morgan fingerprint density at radius 3 is 2.57 bits per heavy atom. The van der Waals surface area contributed by atoms with Crippen molar-refractivity contribution in [1.82, 2.24) is 0 Å². The van der Waals surface area contributed by atoms with Gasteiger partial charge in [0.15, 0.2) is 0 Å². The van der Waals surface area contributed by atoms with Crippen LogP contribution in [0.1, 0.15) is 31.5 Å². The topological polar surface area (TPSA) is 59.7 Å². The molecule has 0 bridgehead atoms. The van der Waals surface area contributed by atoms with E-state index in [-0.39, 0.29) is 11.9 Å². The number of hydrogen-bond donors (Lipinski definition) is 1. The zero-order valence-corrected chi connectivity index (χ0v) is 8.48. The fraction of sp³-hybridized carbons (Fsp3) is 0.500. The van der Waals surface area contributed by atoms with Crippen LogP contribution in [0.15, 0.2) is 16.5 Å². The van der Waals surface area contributed by atoms with Crippen LogP contribution in [0, 0.1) is 6.92 Å². The first-order valence-corrected chi connectivity index (χ1v) is 4.45. The molecule has 1 aromatic heterocycles. The third-order valence-corrected chi connectivity index (χ3v) is 1.61. The Kier molecular flexibility index (Phi) is 3.30. The maximum Gasteiger partial charge on any atom is 0.343 e. The van der Waals surface area contributed by atoms with Gasteiger partial charge in [0.1, 0.15) is 11.5 Å². The van der Waals surface area contributed by atoms with Gasteiger partial charge in [-0.3, -0.25) is 0 Å². The van der Waals surface area contributed by atoms with Crippen LogP contribution in [0.3, 0.4) is 0 Å². The molecule has 0 fully saturated rings. The quantitative estimate of drug-likeness (QED) is 0.749. The normalized spacial score (nSPS) is 12.9. The average Bonchev–Trinajstić information content (AvgIpc) is 2.49. The Labute approximate surface area is 82.5 Å². The van der Waals surface area contributed by atoms with E-state index in [9.17, 15) is 9.90 Å². The van der Waals surface area contributed by atoms with Gasteiger partial charge in [0.25, 0.3) is 0 Å². The first-order valence-electron chi connectivity index (χ1n) is 4.45. The molecule has 0 aromatic carbocycles. The summed E-state index contributed by atoms with van der Waals surface area (Å²) in [5.41, 5.74) is 0. The third-order valence-electron chi connectivity index (χ3n) is 1.61. The van der Waals surface area contributed by atoms with Crippen molar-refractivity contribution < 1.29 is 19.1 Å². The number of furan rings is 1. The van der Waals surface area contributed by atoms with E-state index in [1.807, 2.05) is 0 Å². The van der Waals surface area contributed by atoms with Crippen molar-refractivity contribution in [2.45, 2.75) is 33.0 Å². The molecule has 0 radical (unpaired) electrons. The largest absolute Gasteiger partial charge is 0.463 e. The molecular weight excluding hydrogens is 184 g/mol. The van der Waals surface area contributed by atoms with Gasteiger partial charge in [0.05, 0.1) is 6.10 Å². The molecule has 1 heterocycles. The monoisotopic (exact) mass is 198 g/mol. The van der Waals surface area contributed by atoms with Crippen LogP contribution in [-0.4, -0.2) is 17.2 Å². The number of carbonyl (C=O) groups is 1. The molecule has 0 amide bonds. The third kappa shape index (κ3) is 2.60. The Hall–Kier alpha value is -1.29. The minimum absolute atomic E-state index is 0.216. The van der Waals surface area contributed by atoms with E-state index in [2.05, 4.69) is 0 Å². The molecule has 0 unspecified atom stereocenters. The van der Waals surface area contributed by atoms with Crippen LogP contribution in [-0.2, 0) is 9.53 Å². The second kappa shape index (κ2) is 4.28. The minimum atomic E-state index is -1.33. The Bertz CT molecular complexity index is 314. The van der Waals surface area contributed by atoms with Crippen molar-refractivity contribution >= 4 is 5.97 Å². The molecule has 14 heavy (non-hydrogen) atoms. The molecule has 4 nitrogen and oxygen atoms in total. The highest BCUT2D eigenvalue weighted by molar-refractivity contribution is 5.75. The van der Waals surface area contributed by atoms with E-state index in [1.54, 1.807) is 32.9 Å². The molecule has 1 N–H and O–H groups in total. The lowest BCUT2D eigenvalue weighted by Gasteiger charge is -2.10. The molecule has 0 saturated heterocycles. The number of rotatable bonds is 3. The number of aliphatic hydroxyl groups excluding tert-OH is 1. The van der Waals surface area contributed by atoms with Crippen molar-refractivity contribution in [2.75, 3.05) is 0 Å². The first-order chi connectivity index (χ1) is 6.50. The Morgan fingerprint density at radius 1 is 1.50 bits per heavy atom. The van der Waals surface area contributed by atoms with Gasteiger partial charge in [0, 0.05) is 0 Å². The maximum absolute atomic E-state index is 11.2. The van der Waals surface area contributed by atoms with Crippen molar-refractivity contribution in [3.8, 4) is 0 Å². The standard InChI is InChI=1S/C10H14O4/c1-6(2)13-10(12)9(11)8-5-4-7(3)14-8/h4-6,9,11H,1-3H3/t9-/m0/s1. The zero-order valence-electron chi connectivity index (χ0n) is 8.48. The van der Waals surface area contributed by atoms with E-state index < -0.39 is 12.1 Å². The molecule has 1 atom stereocenters. The predicted octanol–water partition coefficient (Wildman–Crippen LogP) is 1.57. The maximum atomic E-state index is 11.2. The van der Waals surface area contributed by atoms with Gasteiger partial charge in [-0.15, -0.1) is 0 Å². The lowest BCUT2D eigenvalue weighted by atomic mass is 10.3. The van der Waals surface area contributed by atoms with Gasteiger partial charge < -0.3 is 14.3 Å². The summed E-state index contributed by atoms with van der Waals surface area (Å²) >= 11 is 0. The molecule has 1 aromatic rings. The molecule has 0 spiro atoms. The van der Waals surface area contributed by atoms with Gasteiger partial charge in [-0.05, 0) is 32.9 Å². The summed E-state index contributed by atoms with van der Waals surface area (Å²) in [6.07, 6.45) is -1.57. The lowest BCUT2D eigenvalue weighted by Crippen LogP contribution is -2.18. The van der Waals surface area contributed by atoms with Gasteiger partial charge >= 0.3 is 5.97 Å². The molecule has 0 aliphatic carbocycles. The molecule has 0 aliphatic heterocycles. The van der Waals surface area contributed by atoms with E-state index >= 15 is 0 Å². The summed E-state index contributed by atoms with van der Waals surface area (Å²) in [5.74, 6) is 0.180. The number of carbonyl (C=O) groups excluding carboxylic acids is 1. The van der Waals surface area contributed by atoms with Crippen LogP contribution < -0.4 is 0 Å². The van der Waals surface area contributed by atoms with Crippen molar-refractivity contribution in [1.29, 1.82) is 0 Å². The average molecular weight is 198 g/mol. The zero-order chi connectivity index (χ0) is 10.7. The second-order valence-electron chi connectivity index (χ2n) is 3.34. The van der Waals surface area contributed by atoms with Crippen LogP contribution in [0.4, 0.5) is 0 Å². The first kappa shape index (κ1) is 10.8. The molecule has 4 heteroatoms. The van der Waals surface area contributed by atoms with Gasteiger partial charge in [-0.25, -0.2) is 4.79 Å². The van der Waals surface area contributed by atoms with E-state index in [0.29, 0.717) is 5.76 Å². The van der Waals surface area contributed by atoms with Crippen LogP contribution in [0.25, 0.3) is 0 Å². The number of aliphatic hydroxyl groups is 1.